The first-order valence-corrected chi connectivity index (χ1v) is 9.29. The second kappa shape index (κ2) is 8.18. The molecular formula is C22H23N3O2. The van der Waals surface area contributed by atoms with Gasteiger partial charge < -0.3 is 9.64 Å². The molecule has 138 valence electrons. The van der Waals surface area contributed by atoms with E-state index in [4.69, 9.17) is 4.74 Å². The third-order valence-electron chi connectivity index (χ3n) is 4.92. The standard InChI is InChI=1S/C22H23N3O2/c26-22(17-27-21-9-8-18-5-1-2-6-19(18)15-21)25-13-11-24(12-14-25)16-20-7-3-4-10-23-20/h1-10,15H,11-14,16-17H2. The van der Waals surface area contributed by atoms with Gasteiger partial charge in [0.25, 0.3) is 5.91 Å². The molecule has 1 aromatic heterocycles. The fraction of sp³-hybridized carbons (Fsp3) is 0.273. The van der Waals surface area contributed by atoms with Gasteiger partial charge in [-0.05, 0) is 35.0 Å². The summed E-state index contributed by atoms with van der Waals surface area (Å²) in [5.41, 5.74) is 1.07. The second-order valence-corrected chi connectivity index (χ2v) is 6.78. The van der Waals surface area contributed by atoms with E-state index in [9.17, 15) is 4.79 Å². The number of aromatic nitrogens is 1. The second-order valence-electron chi connectivity index (χ2n) is 6.78. The molecule has 0 radical (unpaired) electrons. The summed E-state index contributed by atoms with van der Waals surface area (Å²) in [5.74, 6) is 0.775. The lowest BCUT2D eigenvalue weighted by Crippen LogP contribution is -2.49. The molecule has 1 fully saturated rings. The number of amides is 1. The normalized spacial score (nSPS) is 15.0. The molecule has 0 spiro atoms. The molecule has 0 bridgehead atoms. The zero-order valence-electron chi connectivity index (χ0n) is 15.3. The molecule has 0 saturated carbocycles. The lowest BCUT2D eigenvalue weighted by atomic mass is 10.1. The van der Waals surface area contributed by atoms with E-state index in [0.29, 0.717) is 0 Å². The highest BCUT2D eigenvalue weighted by molar-refractivity contribution is 5.84. The van der Waals surface area contributed by atoms with Gasteiger partial charge in [-0.3, -0.25) is 14.7 Å². The molecule has 0 atom stereocenters. The monoisotopic (exact) mass is 361 g/mol. The molecule has 1 saturated heterocycles. The number of carbonyl (C=O) groups is 1. The van der Waals surface area contributed by atoms with Gasteiger partial charge in [0.1, 0.15) is 5.75 Å². The van der Waals surface area contributed by atoms with Crippen LogP contribution in [0.1, 0.15) is 5.69 Å². The summed E-state index contributed by atoms with van der Waals surface area (Å²) < 4.78 is 5.74. The van der Waals surface area contributed by atoms with Crippen LogP contribution in [0.5, 0.6) is 5.75 Å². The van der Waals surface area contributed by atoms with Crippen LogP contribution in [-0.4, -0.2) is 53.5 Å². The molecule has 27 heavy (non-hydrogen) atoms. The number of fused-ring (bicyclic) bond motifs is 1. The predicted octanol–water partition coefficient (Wildman–Crippen LogP) is 2.96. The summed E-state index contributed by atoms with van der Waals surface area (Å²) in [7, 11) is 0. The Morgan fingerprint density at radius 2 is 1.70 bits per heavy atom. The fourth-order valence-electron chi connectivity index (χ4n) is 3.37. The van der Waals surface area contributed by atoms with Crippen LogP contribution in [0.15, 0.2) is 66.9 Å². The molecule has 1 aliphatic rings. The first kappa shape index (κ1) is 17.5. The average Bonchev–Trinajstić information content (AvgIpc) is 2.73. The molecular weight excluding hydrogens is 338 g/mol. The van der Waals surface area contributed by atoms with E-state index in [0.717, 1.165) is 49.6 Å². The Hall–Kier alpha value is -2.92. The van der Waals surface area contributed by atoms with E-state index in [2.05, 4.69) is 16.0 Å². The van der Waals surface area contributed by atoms with Crippen LogP contribution in [0, 0.1) is 0 Å². The minimum Gasteiger partial charge on any atom is -0.484 e. The van der Waals surface area contributed by atoms with Crippen molar-refractivity contribution in [1.82, 2.24) is 14.8 Å². The SMILES string of the molecule is O=C(COc1ccc2ccccc2c1)N1CCN(Cc2ccccn2)CC1. The maximum absolute atomic E-state index is 12.5. The summed E-state index contributed by atoms with van der Waals surface area (Å²) in [6, 6.07) is 20.0. The van der Waals surface area contributed by atoms with Crippen LogP contribution >= 0.6 is 0 Å². The Balaban J connectivity index is 1.26. The van der Waals surface area contributed by atoms with Gasteiger partial charge in [-0.25, -0.2) is 0 Å². The highest BCUT2D eigenvalue weighted by atomic mass is 16.5. The van der Waals surface area contributed by atoms with Crippen LogP contribution in [0.3, 0.4) is 0 Å². The van der Waals surface area contributed by atoms with E-state index in [-0.39, 0.29) is 12.5 Å². The van der Waals surface area contributed by atoms with E-state index >= 15 is 0 Å². The molecule has 2 aromatic carbocycles. The molecule has 1 amide bonds. The molecule has 5 heteroatoms. The van der Waals surface area contributed by atoms with Gasteiger partial charge in [-0.15, -0.1) is 0 Å². The van der Waals surface area contributed by atoms with Crippen LogP contribution in [0.4, 0.5) is 0 Å². The Labute approximate surface area is 159 Å². The highest BCUT2D eigenvalue weighted by Crippen LogP contribution is 2.20. The smallest absolute Gasteiger partial charge is 0.260 e. The van der Waals surface area contributed by atoms with Crippen molar-refractivity contribution in [2.45, 2.75) is 6.54 Å². The lowest BCUT2D eigenvalue weighted by molar-refractivity contribution is -0.135. The molecule has 2 heterocycles. The summed E-state index contributed by atoms with van der Waals surface area (Å²) in [6.45, 7) is 4.09. The maximum atomic E-state index is 12.5. The number of pyridine rings is 1. The van der Waals surface area contributed by atoms with Gasteiger partial charge in [0.15, 0.2) is 6.61 Å². The Bertz CT molecular complexity index is 906. The molecule has 0 N–H and O–H groups in total. The Morgan fingerprint density at radius 1 is 0.926 bits per heavy atom. The maximum Gasteiger partial charge on any atom is 0.260 e. The Morgan fingerprint density at radius 3 is 2.48 bits per heavy atom. The third kappa shape index (κ3) is 4.44. The zero-order chi connectivity index (χ0) is 18.5. The van der Waals surface area contributed by atoms with Gasteiger partial charge in [0.05, 0.1) is 5.69 Å². The fourth-order valence-corrected chi connectivity index (χ4v) is 3.37. The van der Waals surface area contributed by atoms with Gasteiger partial charge >= 0.3 is 0 Å². The van der Waals surface area contributed by atoms with Crippen molar-refractivity contribution in [1.29, 1.82) is 0 Å². The van der Waals surface area contributed by atoms with Gasteiger partial charge in [-0.2, -0.15) is 0 Å². The molecule has 0 aliphatic carbocycles. The number of hydrogen-bond acceptors (Lipinski definition) is 4. The van der Waals surface area contributed by atoms with Crippen LogP contribution < -0.4 is 4.74 Å². The van der Waals surface area contributed by atoms with Crippen molar-refractivity contribution in [2.24, 2.45) is 0 Å². The largest absolute Gasteiger partial charge is 0.484 e. The molecule has 0 unspecified atom stereocenters. The molecule has 1 aliphatic heterocycles. The summed E-state index contributed by atoms with van der Waals surface area (Å²) in [6.07, 6.45) is 1.82. The van der Waals surface area contributed by atoms with Crippen LogP contribution in [-0.2, 0) is 11.3 Å². The summed E-state index contributed by atoms with van der Waals surface area (Å²) in [4.78, 5) is 21.1. The summed E-state index contributed by atoms with van der Waals surface area (Å²) in [5, 5.41) is 2.28. The Kier molecular flexibility index (Phi) is 5.30. The topological polar surface area (TPSA) is 45.7 Å². The molecule has 4 rings (SSSR count). The van der Waals surface area contributed by atoms with Crippen molar-refractivity contribution in [2.75, 3.05) is 32.8 Å². The number of ether oxygens (including phenoxy) is 1. The quantitative estimate of drug-likeness (QED) is 0.701. The van der Waals surface area contributed by atoms with Crippen molar-refractivity contribution in [3.8, 4) is 5.75 Å². The van der Waals surface area contributed by atoms with Gasteiger partial charge in [0.2, 0.25) is 0 Å². The van der Waals surface area contributed by atoms with E-state index in [1.165, 1.54) is 5.39 Å². The molecule has 5 nitrogen and oxygen atoms in total. The van der Waals surface area contributed by atoms with Crippen molar-refractivity contribution < 1.29 is 9.53 Å². The summed E-state index contributed by atoms with van der Waals surface area (Å²) >= 11 is 0. The first-order chi connectivity index (χ1) is 13.3. The van der Waals surface area contributed by atoms with Gasteiger partial charge in [-0.1, -0.05) is 36.4 Å². The minimum atomic E-state index is 0.0423. The van der Waals surface area contributed by atoms with E-state index < -0.39 is 0 Å². The average molecular weight is 361 g/mol. The third-order valence-corrected chi connectivity index (χ3v) is 4.92. The highest BCUT2D eigenvalue weighted by Gasteiger charge is 2.21. The minimum absolute atomic E-state index is 0.0423. The number of nitrogens with zero attached hydrogens (tertiary/aromatic N) is 3. The number of hydrogen-bond donors (Lipinski definition) is 0. The van der Waals surface area contributed by atoms with Crippen LogP contribution in [0.2, 0.25) is 0 Å². The zero-order valence-corrected chi connectivity index (χ0v) is 15.3. The van der Waals surface area contributed by atoms with E-state index in [1.54, 1.807) is 0 Å². The number of piperazine rings is 1. The molecule has 3 aromatic rings. The number of rotatable bonds is 5. The van der Waals surface area contributed by atoms with Crippen molar-refractivity contribution in [3.63, 3.8) is 0 Å². The first-order valence-electron chi connectivity index (χ1n) is 9.29. The van der Waals surface area contributed by atoms with Crippen molar-refractivity contribution in [3.05, 3.63) is 72.6 Å². The lowest BCUT2D eigenvalue weighted by Gasteiger charge is -2.34. The van der Waals surface area contributed by atoms with E-state index in [1.807, 2.05) is 65.7 Å². The van der Waals surface area contributed by atoms with Gasteiger partial charge in [0, 0.05) is 38.9 Å². The van der Waals surface area contributed by atoms with Crippen LogP contribution in [0.25, 0.3) is 10.8 Å². The number of carbonyl (C=O) groups excluding carboxylic acids is 1. The van der Waals surface area contributed by atoms with Crippen molar-refractivity contribution >= 4 is 16.7 Å². The predicted molar refractivity (Wildman–Crippen MR) is 106 cm³/mol. The number of benzene rings is 2.